The summed E-state index contributed by atoms with van der Waals surface area (Å²) in [7, 11) is -0.829. The molecule has 0 radical (unpaired) electrons. The molecular formula is C3H4F6Si. The summed E-state index contributed by atoms with van der Waals surface area (Å²) in [5, 5.41) is 0. The maximum absolute atomic E-state index is 11.6. The summed E-state index contributed by atoms with van der Waals surface area (Å²) in [5.74, 6) is -8.23. The van der Waals surface area contributed by atoms with Crippen LogP contribution in [0.4, 0.5) is 26.3 Å². The second-order valence-electron chi connectivity index (χ2n) is 1.74. The van der Waals surface area contributed by atoms with E-state index in [9.17, 15) is 26.3 Å². The van der Waals surface area contributed by atoms with Gasteiger partial charge < -0.3 is 0 Å². The molecule has 0 spiro atoms. The van der Waals surface area contributed by atoms with E-state index in [1.165, 1.54) is 0 Å². The largest absolute Gasteiger partial charge is 0.456 e. The van der Waals surface area contributed by atoms with Crippen molar-refractivity contribution in [1.82, 2.24) is 0 Å². The van der Waals surface area contributed by atoms with Crippen LogP contribution in [0.5, 0.6) is 0 Å². The smallest absolute Gasteiger partial charge is 0.246 e. The molecule has 0 saturated carbocycles. The van der Waals surface area contributed by atoms with E-state index in [4.69, 9.17) is 0 Å². The lowest BCUT2D eigenvalue weighted by molar-refractivity contribution is -0.292. The number of alkyl halides is 6. The molecule has 0 aliphatic carbocycles. The van der Waals surface area contributed by atoms with Gasteiger partial charge in [0.05, 0.1) is 10.2 Å². The van der Waals surface area contributed by atoms with E-state index in [-0.39, 0.29) is 0 Å². The minimum Gasteiger partial charge on any atom is -0.246 e. The zero-order chi connectivity index (χ0) is 8.58. The maximum atomic E-state index is 11.6. The van der Waals surface area contributed by atoms with Gasteiger partial charge in [-0.25, -0.2) is 4.39 Å². The van der Waals surface area contributed by atoms with Crippen molar-refractivity contribution in [1.29, 1.82) is 0 Å². The topological polar surface area (TPSA) is 0 Å². The van der Waals surface area contributed by atoms with Crippen LogP contribution in [0.1, 0.15) is 0 Å². The molecule has 0 aliphatic rings. The first-order chi connectivity index (χ1) is 4.19. The highest BCUT2D eigenvalue weighted by Crippen LogP contribution is 2.38. The molecule has 0 heterocycles. The fourth-order valence-corrected chi connectivity index (χ4v) is 0.553. The maximum Gasteiger partial charge on any atom is 0.456 e. The monoisotopic (exact) mass is 182 g/mol. The van der Waals surface area contributed by atoms with Crippen LogP contribution < -0.4 is 0 Å². The molecule has 0 fully saturated rings. The lowest BCUT2D eigenvalue weighted by atomic mass is 10.3. The predicted octanol–water partition coefficient (Wildman–Crippen LogP) is 0.845. The molecule has 0 aliphatic heterocycles. The summed E-state index contributed by atoms with van der Waals surface area (Å²) >= 11 is 0. The van der Waals surface area contributed by atoms with Crippen molar-refractivity contribution in [2.45, 2.75) is 17.9 Å². The summed E-state index contributed by atoms with van der Waals surface area (Å²) in [5.41, 5.74) is 0. The van der Waals surface area contributed by atoms with E-state index in [0.29, 0.717) is 0 Å². The Labute approximate surface area is 55.6 Å². The number of rotatable bonds is 1. The molecule has 0 bridgehead atoms. The van der Waals surface area contributed by atoms with E-state index >= 15 is 0 Å². The fourth-order valence-electron chi connectivity index (χ4n) is 0.226. The normalized spacial score (nSPS) is 17.4. The molecule has 0 aromatic rings. The van der Waals surface area contributed by atoms with Crippen molar-refractivity contribution in [2.75, 3.05) is 0 Å². The molecular weight excluding hydrogens is 178 g/mol. The van der Waals surface area contributed by atoms with Gasteiger partial charge in [0.2, 0.25) is 0 Å². The second kappa shape index (κ2) is 2.44. The third-order valence-electron chi connectivity index (χ3n) is 0.878. The van der Waals surface area contributed by atoms with Gasteiger partial charge in [0.25, 0.3) is 0 Å². The zero-order valence-corrected chi connectivity index (χ0v) is 6.85. The zero-order valence-electron chi connectivity index (χ0n) is 4.85. The summed E-state index contributed by atoms with van der Waals surface area (Å²) in [6.45, 7) is 0. The van der Waals surface area contributed by atoms with Crippen LogP contribution >= 0.6 is 0 Å². The molecule has 1 unspecified atom stereocenters. The van der Waals surface area contributed by atoms with Crippen LogP contribution in [-0.4, -0.2) is 28.1 Å². The van der Waals surface area contributed by atoms with Crippen molar-refractivity contribution in [3.05, 3.63) is 0 Å². The minimum absolute atomic E-state index is 0.829. The van der Waals surface area contributed by atoms with Gasteiger partial charge in [0.15, 0.2) is 5.79 Å². The fraction of sp³-hybridized carbons (Fsp3) is 1.00. The van der Waals surface area contributed by atoms with Gasteiger partial charge in [-0.2, -0.15) is 22.0 Å². The number of hydrogen-bond acceptors (Lipinski definition) is 0. The molecule has 0 N–H and O–H groups in total. The van der Waals surface area contributed by atoms with Crippen molar-refractivity contribution >= 4 is 10.2 Å². The summed E-state index contributed by atoms with van der Waals surface area (Å²) in [6, 6.07) is 0. The molecule has 0 amide bonds. The van der Waals surface area contributed by atoms with Crippen molar-refractivity contribution in [3.63, 3.8) is 0 Å². The van der Waals surface area contributed by atoms with Gasteiger partial charge >= 0.3 is 12.1 Å². The van der Waals surface area contributed by atoms with Crippen LogP contribution in [-0.2, 0) is 0 Å². The molecule has 0 nitrogen and oxygen atoms in total. The lowest BCUT2D eigenvalue weighted by Gasteiger charge is -2.20. The van der Waals surface area contributed by atoms with Gasteiger partial charge in [0.1, 0.15) is 0 Å². The van der Waals surface area contributed by atoms with E-state index in [1.54, 1.807) is 0 Å². The first kappa shape index (κ1) is 9.80. The summed E-state index contributed by atoms with van der Waals surface area (Å²) < 4.78 is 68.1. The van der Waals surface area contributed by atoms with E-state index in [0.717, 1.165) is 0 Å². The van der Waals surface area contributed by atoms with Crippen molar-refractivity contribution in [2.24, 2.45) is 0 Å². The Hall–Kier alpha value is -0.203. The Morgan fingerprint density at radius 1 is 1.00 bits per heavy atom. The highest BCUT2D eigenvalue weighted by Gasteiger charge is 2.61. The minimum atomic E-state index is -5.76. The van der Waals surface area contributed by atoms with Gasteiger partial charge in [0, 0.05) is 0 Å². The van der Waals surface area contributed by atoms with Crippen molar-refractivity contribution < 1.29 is 26.3 Å². The van der Waals surface area contributed by atoms with E-state index in [2.05, 4.69) is 0 Å². The summed E-state index contributed by atoms with van der Waals surface area (Å²) in [6.07, 6.45) is -5.76. The van der Waals surface area contributed by atoms with E-state index < -0.39 is 28.1 Å². The highest BCUT2D eigenvalue weighted by molar-refractivity contribution is 6.11. The van der Waals surface area contributed by atoms with Gasteiger partial charge in [-0.3, -0.25) is 0 Å². The second-order valence-corrected chi connectivity index (χ2v) is 2.75. The third kappa shape index (κ3) is 1.65. The number of halogens is 6. The van der Waals surface area contributed by atoms with Crippen LogP contribution in [0, 0.1) is 0 Å². The molecule has 0 rings (SSSR count). The van der Waals surface area contributed by atoms with Gasteiger partial charge in [-0.15, -0.1) is 0 Å². The standard InChI is InChI=1S/C3H4F6Si/c4-1(10)2(5,6)3(7,8)9/h1H,10H3. The van der Waals surface area contributed by atoms with Crippen molar-refractivity contribution in [3.8, 4) is 0 Å². The van der Waals surface area contributed by atoms with E-state index in [1.807, 2.05) is 0 Å². The Bertz CT molecular complexity index is 115. The quantitative estimate of drug-likeness (QED) is 0.416. The molecule has 10 heavy (non-hydrogen) atoms. The first-order valence-corrected chi connectivity index (χ1v) is 3.43. The average molecular weight is 182 g/mol. The Balaban J connectivity index is 4.40. The number of hydrogen-bond donors (Lipinski definition) is 0. The molecule has 0 aromatic carbocycles. The average Bonchev–Trinajstić information content (AvgIpc) is 1.62. The molecule has 0 saturated heterocycles. The van der Waals surface area contributed by atoms with Crippen LogP contribution in [0.25, 0.3) is 0 Å². The SMILES string of the molecule is FC([SiH3])C(F)(F)C(F)(F)F. The van der Waals surface area contributed by atoms with Crippen LogP contribution in [0.2, 0.25) is 0 Å². The Morgan fingerprint density at radius 2 is 1.30 bits per heavy atom. The lowest BCUT2D eigenvalue weighted by Crippen LogP contribution is -2.45. The molecule has 1 atom stereocenters. The molecule has 7 heteroatoms. The highest BCUT2D eigenvalue weighted by atomic mass is 28.1. The first-order valence-electron chi connectivity index (χ1n) is 2.28. The van der Waals surface area contributed by atoms with Crippen LogP contribution in [0.15, 0.2) is 0 Å². The Kier molecular flexibility index (Phi) is 2.39. The van der Waals surface area contributed by atoms with Gasteiger partial charge in [-0.1, -0.05) is 0 Å². The summed E-state index contributed by atoms with van der Waals surface area (Å²) in [4.78, 5) is 0. The van der Waals surface area contributed by atoms with Gasteiger partial charge in [-0.05, 0) is 0 Å². The Morgan fingerprint density at radius 3 is 1.30 bits per heavy atom. The molecule has 62 valence electrons. The van der Waals surface area contributed by atoms with Crippen LogP contribution in [0.3, 0.4) is 0 Å². The predicted molar refractivity (Wildman–Crippen MR) is 25.8 cm³/mol. The molecule has 0 aromatic heterocycles. The third-order valence-corrected chi connectivity index (χ3v) is 1.60.